The van der Waals surface area contributed by atoms with Crippen molar-refractivity contribution in [3.63, 3.8) is 0 Å². The zero-order chi connectivity index (χ0) is 15.1. The number of nitrogens with zero attached hydrogens (tertiary/aromatic N) is 3. The highest BCUT2D eigenvalue weighted by molar-refractivity contribution is 6.33. The Kier molecular flexibility index (Phi) is 3.33. The predicted molar refractivity (Wildman–Crippen MR) is 87.5 cm³/mol. The van der Waals surface area contributed by atoms with Gasteiger partial charge in [-0.25, -0.2) is 9.97 Å². The number of anilines is 2. The molecule has 0 aliphatic carbocycles. The van der Waals surface area contributed by atoms with Gasteiger partial charge in [0, 0.05) is 12.7 Å². The third-order valence-corrected chi connectivity index (χ3v) is 4.20. The van der Waals surface area contributed by atoms with Crippen molar-refractivity contribution >= 4 is 34.1 Å². The van der Waals surface area contributed by atoms with Gasteiger partial charge in [0.2, 0.25) is 0 Å². The van der Waals surface area contributed by atoms with E-state index in [0.717, 1.165) is 28.4 Å². The number of para-hydroxylation sites is 1. The zero-order valence-electron chi connectivity index (χ0n) is 12.5. The van der Waals surface area contributed by atoms with E-state index in [1.807, 2.05) is 38.2 Å². The highest BCUT2D eigenvalue weighted by Gasteiger charge is 2.16. The van der Waals surface area contributed by atoms with Crippen molar-refractivity contribution in [3.8, 4) is 0 Å². The van der Waals surface area contributed by atoms with Crippen LogP contribution in [0.2, 0.25) is 5.02 Å². The maximum atomic E-state index is 6.23. The second-order valence-electron chi connectivity index (χ2n) is 5.19. The molecule has 3 rings (SSSR count). The molecule has 0 amide bonds. The smallest absolute Gasteiger partial charge is 0.146 e. The first-order valence-electron chi connectivity index (χ1n) is 6.81. The predicted octanol–water partition coefficient (Wildman–Crippen LogP) is 4.29. The van der Waals surface area contributed by atoms with Crippen molar-refractivity contribution in [1.29, 1.82) is 0 Å². The van der Waals surface area contributed by atoms with E-state index in [9.17, 15) is 0 Å². The molecule has 2 heterocycles. The fraction of sp³-hybridized carbons (Fsp3) is 0.250. The van der Waals surface area contributed by atoms with Crippen LogP contribution in [0.1, 0.15) is 17.1 Å². The minimum atomic E-state index is 0.673. The molecule has 0 unspecified atom stereocenters. The lowest BCUT2D eigenvalue weighted by atomic mass is 10.2. The summed E-state index contributed by atoms with van der Waals surface area (Å²) in [5.74, 6) is 1.53. The molecule has 4 nitrogen and oxygen atoms in total. The van der Waals surface area contributed by atoms with E-state index in [2.05, 4.69) is 33.7 Å². The maximum Gasteiger partial charge on any atom is 0.146 e. The van der Waals surface area contributed by atoms with Gasteiger partial charge < -0.3 is 9.88 Å². The number of rotatable bonds is 2. The molecule has 0 radical (unpaired) electrons. The number of benzene rings is 1. The lowest BCUT2D eigenvalue weighted by Gasteiger charge is -2.10. The van der Waals surface area contributed by atoms with Crippen LogP contribution in [0.3, 0.4) is 0 Å². The van der Waals surface area contributed by atoms with Crippen LogP contribution < -0.4 is 5.32 Å². The Labute approximate surface area is 128 Å². The molecular weight excluding hydrogens is 284 g/mol. The molecule has 0 aliphatic rings. The number of fused-ring (bicyclic) bond motifs is 1. The summed E-state index contributed by atoms with van der Waals surface area (Å²) in [6.45, 7) is 6.08. The van der Waals surface area contributed by atoms with Gasteiger partial charge in [0.05, 0.1) is 16.1 Å². The molecule has 108 valence electrons. The van der Waals surface area contributed by atoms with Gasteiger partial charge in [-0.3, -0.25) is 0 Å². The average molecular weight is 301 g/mol. The summed E-state index contributed by atoms with van der Waals surface area (Å²) in [7, 11) is 2.02. The number of halogens is 1. The van der Waals surface area contributed by atoms with Gasteiger partial charge in [-0.1, -0.05) is 23.7 Å². The van der Waals surface area contributed by atoms with Crippen molar-refractivity contribution in [2.45, 2.75) is 20.8 Å². The second-order valence-corrected chi connectivity index (χ2v) is 5.60. The topological polar surface area (TPSA) is 42.7 Å². The summed E-state index contributed by atoms with van der Waals surface area (Å²) >= 11 is 6.23. The largest absolute Gasteiger partial charge is 0.338 e. The molecule has 1 N–H and O–H groups in total. The quantitative estimate of drug-likeness (QED) is 0.767. The first kappa shape index (κ1) is 13.9. The van der Waals surface area contributed by atoms with Crippen LogP contribution >= 0.6 is 11.6 Å². The first-order valence-corrected chi connectivity index (χ1v) is 7.18. The lowest BCUT2D eigenvalue weighted by Crippen LogP contribution is -2.00. The molecule has 3 aromatic rings. The van der Waals surface area contributed by atoms with E-state index in [0.29, 0.717) is 5.02 Å². The number of nitrogens with one attached hydrogen (secondary N) is 1. The van der Waals surface area contributed by atoms with Crippen molar-refractivity contribution in [2.24, 2.45) is 7.05 Å². The van der Waals surface area contributed by atoms with Gasteiger partial charge in [-0.2, -0.15) is 0 Å². The first-order chi connectivity index (χ1) is 9.99. The highest BCUT2D eigenvalue weighted by Crippen LogP contribution is 2.32. The molecule has 0 aliphatic heterocycles. The number of aryl methyl sites for hydroxylation is 3. The SMILES string of the molecule is Cc1nc(Nc2ccccc2Cl)c2c(C)c(C)n(C)c2n1. The Balaban J connectivity index is 2.23. The molecule has 0 fully saturated rings. The summed E-state index contributed by atoms with van der Waals surface area (Å²) < 4.78 is 2.09. The molecular formula is C16H17ClN4. The standard InChI is InChI=1S/C16H17ClN4/c1-9-10(2)21(4)16-14(9)15(18-11(3)19-16)20-13-8-6-5-7-12(13)17/h5-8H,1-4H3,(H,18,19,20). The number of aromatic nitrogens is 3. The summed E-state index contributed by atoms with van der Waals surface area (Å²) in [4.78, 5) is 9.12. The van der Waals surface area contributed by atoms with E-state index >= 15 is 0 Å². The van der Waals surface area contributed by atoms with Gasteiger partial charge in [0.25, 0.3) is 0 Å². The van der Waals surface area contributed by atoms with Gasteiger partial charge in [0.1, 0.15) is 17.3 Å². The average Bonchev–Trinajstić information content (AvgIpc) is 2.66. The molecule has 21 heavy (non-hydrogen) atoms. The summed E-state index contributed by atoms with van der Waals surface area (Å²) in [6, 6.07) is 7.66. The van der Waals surface area contributed by atoms with Crippen LogP contribution in [0.4, 0.5) is 11.5 Å². The minimum absolute atomic E-state index is 0.673. The van der Waals surface area contributed by atoms with Crippen molar-refractivity contribution in [2.75, 3.05) is 5.32 Å². The Bertz CT molecular complexity index is 836. The molecule has 0 saturated heterocycles. The molecule has 5 heteroatoms. The molecule has 1 aromatic carbocycles. The van der Waals surface area contributed by atoms with Crippen LogP contribution in [0.15, 0.2) is 24.3 Å². The number of hydrogen-bond acceptors (Lipinski definition) is 3. The zero-order valence-corrected chi connectivity index (χ0v) is 13.3. The lowest BCUT2D eigenvalue weighted by molar-refractivity contribution is 0.887. The van der Waals surface area contributed by atoms with E-state index in [4.69, 9.17) is 11.6 Å². The molecule has 0 spiro atoms. The van der Waals surface area contributed by atoms with Crippen LogP contribution in [-0.2, 0) is 7.05 Å². The fourth-order valence-corrected chi connectivity index (χ4v) is 2.70. The summed E-state index contributed by atoms with van der Waals surface area (Å²) in [5.41, 5.74) is 4.15. The fourth-order valence-electron chi connectivity index (χ4n) is 2.52. The normalized spacial score (nSPS) is 11.1. The van der Waals surface area contributed by atoms with E-state index in [1.54, 1.807) is 0 Å². The van der Waals surface area contributed by atoms with Crippen molar-refractivity contribution < 1.29 is 0 Å². The van der Waals surface area contributed by atoms with Gasteiger partial charge in [0.15, 0.2) is 0 Å². The second kappa shape index (κ2) is 5.04. The van der Waals surface area contributed by atoms with Crippen LogP contribution in [0, 0.1) is 20.8 Å². The van der Waals surface area contributed by atoms with E-state index in [-0.39, 0.29) is 0 Å². The Morgan fingerprint density at radius 1 is 1.10 bits per heavy atom. The van der Waals surface area contributed by atoms with Crippen LogP contribution in [-0.4, -0.2) is 14.5 Å². The van der Waals surface area contributed by atoms with Crippen LogP contribution in [0.5, 0.6) is 0 Å². The molecule has 2 aromatic heterocycles. The van der Waals surface area contributed by atoms with Crippen molar-refractivity contribution in [3.05, 3.63) is 46.4 Å². The third kappa shape index (κ3) is 2.25. The van der Waals surface area contributed by atoms with Crippen LogP contribution in [0.25, 0.3) is 11.0 Å². The minimum Gasteiger partial charge on any atom is -0.338 e. The van der Waals surface area contributed by atoms with E-state index in [1.165, 1.54) is 11.3 Å². The summed E-state index contributed by atoms with van der Waals surface area (Å²) in [5, 5.41) is 5.06. The highest BCUT2D eigenvalue weighted by atomic mass is 35.5. The summed E-state index contributed by atoms with van der Waals surface area (Å²) in [6.07, 6.45) is 0. The van der Waals surface area contributed by atoms with Gasteiger partial charge in [-0.05, 0) is 38.5 Å². The van der Waals surface area contributed by atoms with Gasteiger partial charge in [-0.15, -0.1) is 0 Å². The Morgan fingerprint density at radius 2 is 1.81 bits per heavy atom. The Morgan fingerprint density at radius 3 is 2.52 bits per heavy atom. The molecule has 0 atom stereocenters. The molecule has 0 saturated carbocycles. The number of hydrogen-bond donors (Lipinski definition) is 1. The Hall–Kier alpha value is -2.07. The monoisotopic (exact) mass is 300 g/mol. The van der Waals surface area contributed by atoms with E-state index < -0.39 is 0 Å². The van der Waals surface area contributed by atoms with Gasteiger partial charge >= 0.3 is 0 Å². The van der Waals surface area contributed by atoms with Crippen molar-refractivity contribution in [1.82, 2.24) is 14.5 Å². The third-order valence-electron chi connectivity index (χ3n) is 3.87. The molecule has 0 bridgehead atoms. The maximum absolute atomic E-state index is 6.23.